The molecule has 0 spiro atoms. The van der Waals surface area contributed by atoms with Crippen molar-refractivity contribution in [2.24, 2.45) is 0 Å². The van der Waals surface area contributed by atoms with E-state index in [-0.39, 0.29) is 108 Å². The molecule has 0 heterocycles. The molecule has 13 aromatic rings. The number of methoxy groups -OCH3 is 6. The lowest BCUT2D eigenvalue weighted by molar-refractivity contribution is 0.0588. The average molecular weight is 1620 g/mol. The Hall–Kier alpha value is -15.7. The van der Waals surface area contributed by atoms with E-state index in [0.717, 1.165) is 0 Å². The molecule has 0 aliphatic carbocycles. The van der Waals surface area contributed by atoms with E-state index >= 15 is 0 Å². The fraction of sp³-hybridized carbons (Fsp3) is 0.125. The molecule has 0 aliphatic heterocycles. The van der Waals surface area contributed by atoms with Gasteiger partial charge in [0, 0.05) is 33.4 Å². The quantitative estimate of drug-likeness (QED) is 0.0180. The fourth-order valence-corrected chi connectivity index (χ4v) is 13.5. The van der Waals surface area contributed by atoms with Gasteiger partial charge in [-0.05, 0) is 212 Å². The van der Waals surface area contributed by atoms with Crippen LogP contribution in [0, 0.1) is 0 Å². The number of carbonyl (C=O) groups is 6. The van der Waals surface area contributed by atoms with Crippen molar-refractivity contribution in [1.82, 2.24) is 0 Å². The van der Waals surface area contributed by atoms with E-state index in [0.29, 0.717) is 135 Å². The molecule has 0 aromatic heterocycles. The molecule has 0 aliphatic rings. The Labute approximate surface area is 688 Å². The predicted molar refractivity (Wildman–Crippen MR) is 442 cm³/mol. The van der Waals surface area contributed by atoms with Gasteiger partial charge in [0.1, 0.15) is 142 Å². The molecular weight excluding hydrogens is 1540 g/mol. The molecular formula is C96H78O24. The summed E-state index contributed by atoms with van der Waals surface area (Å²) in [6.07, 6.45) is 0. The Morgan fingerprint density at radius 3 is 0.417 bits per heavy atom. The first-order chi connectivity index (χ1) is 58.1. The number of benzene rings is 13. The maximum atomic E-state index is 12.8. The summed E-state index contributed by atoms with van der Waals surface area (Å²) in [5.74, 6) is -3.71. The van der Waals surface area contributed by atoms with Gasteiger partial charge in [0.15, 0.2) is 0 Å². The SMILES string of the molecule is COC(=O)c1cc(-c2ccc(OCc3c(COc4ccc(-c5ccc(O)c(C(=O)OC)c5)cc4)c(COc4ccc(-c5ccc(O)c(C(=O)OC)c5)cc4)c(COc4ccc(-c5ccc(O)c(C(=O)OC)c5)cc4)c(COc4ccc(-c5ccc(O)c(C(=O)OC)c5)cc4)c3COc3ccc(-c4ccc(O)c(C(=O)OC)c4)cc3)cc2)ccc1O. The van der Waals surface area contributed by atoms with Crippen LogP contribution in [0.15, 0.2) is 255 Å². The van der Waals surface area contributed by atoms with Crippen LogP contribution in [0.2, 0.25) is 0 Å². The second-order valence-corrected chi connectivity index (χ2v) is 27.1. The van der Waals surface area contributed by atoms with Crippen LogP contribution in [0.1, 0.15) is 95.5 Å². The molecule has 0 fully saturated rings. The summed E-state index contributed by atoms with van der Waals surface area (Å²) in [5.41, 5.74) is 10.3. The fourth-order valence-electron chi connectivity index (χ4n) is 13.5. The van der Waals surface area contributed by atoms with E-state index in [9.17, 15) is 59.4 Å². The second kappa shape index (κ2) is 37.3. The summed E-state index contributed by atoms with van der Waals surface area (Å²) in [6, 6.07) is 69.9. The summed E-state index contributed by atoms with van der Waals surface area (Å²) in [5, 5.41) is 63.9. The van der Waals surface area contributed by atoms with Gasteiger partial charge in [-0.15, -0.1) is 0 Å². The normalized spacial score (nSPS) is 10.8. The highest BCUT2D eigenvalue weighted by Gasteiger charge is 2.29. The van der Waals surface area contributed by atoms with Gasteiger partial charge >= 0.3 is 35.8 Å². The predicted octanol–water partition coefficient (Wildman–Crippen LogP) is 18.1. The van der Waals surface area contributed by atoms with E-state index < -0.39 is 35.8 Å². The van der Waals surface area contributed by atoms with Crippen molar-refractivity contribution in [3.05, 3.63) is 322 Å². The first kappa shape index (κ1) is 82.3. The van der Waals surface area contributed by atoms with Gasteiger partial charge < -0.3 is 87.5 Å². The smallest absolute Gasteiger partial charge is 0.341 e. The lowest BCUT2D eigenvalue weighted by atomic mass is 9.87. The topological polar surface area (TPSA) is 335 Å². The molecule has 0 saturated carbocycles. The minimum Gasteiger partial charge on any atom is -0.507 e. The molecule has 606 valence electrons. The van der Waals surface area contributed by atoms with E-state index in [2.05, 4.69) is 0 Å². The molecule has 0 amide bonds. The summed E-state index contributed by atoms with van der Waals surface area (Å²) in [4.78, 5) is 76.8. The van der Waals surface area contributed by atoms with Crippen LogP contribution < -0.4 is 28.4 Å². The first-order valence-corrected chi connectivity index (χ1v) is 37.2. The first-order valence-electron chi connectivity index (χ1n) is 37.2. The highest BCUT2D eigenvalue weighted by molar-refractivity contribution is 5.98. The summed E-state index contributed by atoms with van der Waals surface area (Å²) in [7, 11) is 7.31. The van der Waals surface area contributed by atoms with Crippen LogP contribution in [0.3, 0.4) is 0 Å². The Bertz CT molecular complexity index is 5010. The monoisotopic (exact) mass is 1610 g/mol. The van der Waals surface area contributed by atoms with Crippen LogP contribution in [-0.4, -0.2) is 109 Å². The maximum absolute atomic E-state index is 12.8. The highest BCUT2D eigenvalue weighted by Crippen LogP contribution is 2.40. The lowest BCUT2D eigenvalue weighted by Crippen LogP contribution is -2.21. The summed E-state index contributed by atoms with van der Waals surface area (Å²) < 4.78 is 71.7. The van der Waals surface area contributed by atoms with Crippen molar-refractivity contribution in [1.29, 1.82) is 0 Å². The molecule has 0 atom stereocenters. The number of phenolic OH excluding ortho intramolecular Hbond substituents is 6. The number of hydrogen-bond donors (Lipinski definition) is 6. The van der Waals surface area contributed by atoms with Crippen molar-refractivity contribution in [3.63, 3.8) is 0 Å². The Morgan fingerprint density at radius 2 is 0.300 bits per heavy atom. The van der Waals surface area contributed by atoms with Crippen LogP contribution in [0.25, 0.3) is 66.8 Å². The Balaban J connectivity index is 0.999. The van der Waals surface area contributed by atoms with Gasteiger partial charge in [0.2, 0.25) is 0 Å². The number of rotatable bonds is 30. The lowest BCUT2D eigenvalue weighted by Gasteiger charge is -2.28. The highest BCUT2D eigenvalue weighted by atomic mass is 16.5. The van der Waals surface area contributed by atoms with Crippen LogP contribution >= 0.6 is 0 Å². The van der Waals surface area contributed by atoms with Crippen molar-refractivity contribution in [2.45, 2.75) is 39.6 Å². The van der Waals surface area contributed by atoms with E-state index in [1.54, 1.807) is 182 Å². The molecule has 6 N–H and O–H groups in total. The number of carbonyl (C=O) groups excluding carboxylic acids is 6. The Kier molecular flexibility index (Phi) is 25.5. The van der Waals surface area contributed by atoms with Crippen LogP contribution in [0.4, 0.5) is 0 Å². The molecule has 120 heavy (non-hydrogen) atoms. The van der Waals surface area contributed by atoms with Gasteiger partial charge in [-0.2, -0.15) is 0 Å². The van der Waals surface area contributed by atoms with Gasteiger partial charge in [-0.25, -0.2) is 28.8 Å². The molecule has 0 bridgehead atoms. The van der Waals surface area contributed by atoms with Crippen LogP contribution in [0.5, 0.6) is 69.0 Å². The summed E-state index contributed by atoms with van der Waals surface area (Å²) in [6.45, 7) is -1.28. The molecule has 13 aromatic carbocycles. The molecule has 24 heteroatoms. The third-order valence-electron chi connectivity index (χ3n) is 20.0. The van der Waals surface area contributed by atoms with Gasteiger partial charge in [-0.1, -0.05) is 109 Å². The zero-order chi connectivity index (χ0) is 84.7. The minimum atomic E-state index is -0.733. The van der Waals surface area contributed by atoms with Crippen molar-refractivity contribution in [3.8, 4) is 136 Å². The average Bonchev–Trinajstić information content (AvgIpc) is 0.757. The Morgan fingerprint density at radius 1 is 0.183 bits per heavy atom. The van der Waals surface area contributed by atoms with E-state index in [4.69, 9.17) is 56.8 Å². The van der Waals surface area contributed by atoms with E-state index in [1.807, 2.05) is 0 Å². The molecule has 13 rings (SSSR count). The van der Waals surface area contributed by atoms with Gasteiger partial charge in [0.05, 0.1) is 42.7 Å². The number of esters is 6. The number of phenols is 6. The number of hydrogen-bond acceptors (Lipinski definition) is 24. The standard InChI is InChI=1S/C96H78O24/c1-109-91(103)73-43-61(19-37-85(73)97)55-7-25-67(26-8-55)115-49-79-80(50-116-68-27-9-56(10-28-68)62-20-38-86(98)74(44-62)92(104)110-2)82(52-118-70-31-13-58(14-32-70)64-22-40-88(100)76(46-64)94(106)112-4)84(54-120-72-35-17-60(18-36-72)66-24-42-90(102)78(48-66)96(108)114-6)83(53-119-71-33-15-59(16-34-71)65-23-41-89(101)77(47-65)95(107)113-5)81(79)51-117-69-29-11-57(12-30-69)63-21-39-87(99)75(45-63)93(105)111-3/h7-48,97-102H,49-54H2,1-6H3. The molecule has 24 nitrogen and oxygen atoms in total. The van der Waals surface area contributed by atoms with Gasteiger partial charge in [0.25, 0.3) is 0 Å². The zero-order valence-corrected chi connectivity index (χ0v) is 65.5. The summed E-state index contributed by atoms with van der Waals surface area (Å²) >= 11 is 0. The van der Waals surface area contributed by atoms with Crippen molar-refractivity contribution in [2.75, 3.05) is 42.7 Å². The molecule has 0 unspecified atom stereocenters. The molecule has 0 radical (unpaired) electrons. The zero-order valence-electron chi connectivity index (χ0n) is 65.5. The third-order valence-corrected chi connectivity index (χ3v) is 20.0. The van der Waals surface area contributed by atoms with Crippen molar-refractivity contribution < 1.29 is 116 Å². The maximum Gasteiger partial charge on any atom is 0.341 e. The van der Waals surface area contributed by atoms with Crippen molar-refractivity contribution >= 4 is 35.8 Å². The molecule has 0 saturated heterocycles. The number of ether oxygens (including phenoxy) is 12. The largest absolute Gasteiger partial charge is 0.507 e. The second-order valence-electron chi connectivity index (χ2n) is 27.1. The van der Waals surface area contributed by atoms with Gasteiger partial charge in [-0.3, -0.25) is 0 Å². The minimum absolute atomic E-state index is 0.0400. The van der Waals surface area contributed by atoms with Crippen LogP contribution in [-0.2, 0) is 68.1 Å². The third kappa shape index (κ3) is 18.8. The number of aromatic hydroxyl groups is 6. The van der Waals surface area contributed by atoms with E-state index in [1.165, 1.54) is 115 Å².